The molecule has 0 bridgehead atoms. The summed E-state index contributed by atoms with van der Waals surface area (Å²) in [4.78, 5) is 12.5. The smallest absolute Gasteiger partial charge is 0.259 e. The largest absolute Gasteiger partial charge is 0.507 e. The Labute approximate surface area is 148 Å². The summed E-state index contributed by atoms with van der Waals surface area (Å²) in [6, 6.07) is 15.4. The van der Waals surface area contributed by atoms with Gasteiger partial charge < -0.3 is 10.4 Å². The van der Waals surface area contributed by atoms with Crippen LogP contribution in [0.15, 0.2) is 60.7 Å². The van der Waals surface area contributed by atoms with Crippen LogP contribution in [-0.4, -0.2) is 11.0 Å². The lowest BCUT2D eigenvalue weighted by Gasteiger charge is -2.10. The van der Waals surface area contributed by atoms with Crippen LogP contribution in [0.5, 0.6) is 5.75 Å². The van der Waals surface area contributed by atoms with E-state index >= 15 is 0 Å². The van der Waals surface area contributed by atoms with Gasteiger partial charge in [-0.2, -0.15) is 5.26 Å². The number of para-hydroxylation sites is 1. The van der Waals surface area contributed by atoms with Crippen LogP contribution in [-0.2, 0) is 0 Å². The number of hydrogen-bond donors (Lipinski definition) is 2. The van der Waals surface area contributed by atoms with E-state index in [4.69, 9.17) is 5.26 Å². The molecule has 0 saturated heterocycles. The molecule has 26 heavy (non-hydrogen) atoms. The van der Waals surface area contributed by atoms with Crippen LogP contribution >= 0.6 is 0 Å². The molecule has 2 N–H and O–H groups in total. The predicted molar refractivity (Wildman–Crippen MR) is 92.6 cm³/mol. The van der Waals surface area contributed by atoms with E-state index in [1.165, 1.54) is 24.3 Å². The molecular formula is C20H12F2N2O2. The summed E-state index contributed by atoms with van der Waals surface area (Å²) in [6.45, 7) is 0. The Morgan fingerprint density at radius 1 is 1.04 bits per heavy atom. The van der Waals surface area contributed by atoms with Crippen LogP contribution in [0.2, 0.25) is 0 Å². The summed E-state index contributed by atoms with van der Waals surface area (Å²) >= 11 is 0. The predicted octanol–water partition coefficient (Wildman–Crippen LogP) is 4.46. The van der Waals surface area contributed by atoms with E-state index in [0.717, 1.165) is 12.1 Å². The lowest BCUT2D eigenvalue weighted by molar-refractivity contribution is 0.102. The minimum absolute atomic E-state index is 0.0953. The van der Waals surface area contributed by atoms with Crippen LogP contribution in [0.1, 0.15) is 15.9 Å². The fourth-order valence-corrected chi connectivity index (χ4v) is 2.49. The topological polar surface area (TPSA) is 73.1 Å². The van der Waals surface area contributed by atoms with Gasteiger partial charge in [0.1, 0.15) is 23.5 Å². The number of hydrogen-bond acceptors (Lipinski definition) is 3. The molecule has 0 aliphatic heterocycles. The van der Waals surface area contributed by atoms with Crippen molar-refractivity contribution >= 4 is 11.6 Å². The van der Waals surface area contributed by atoms with Crippen molar-refractivity contribution in [3.63, 3.8) is 0 Å². The molecule has 1 amide bonds. The van der Waals surface area contributed by atoms with Gasteiger partial charge in [-0.25, -0.2) is 8.78 Å². The van der Waals surface area contributed by atoms with Crippen LogP contribution < -0.4 is 5.32 Å². The summed E-state index contributed by atoms with van der Waals surface area (Å²) < 4.78 is 27.1. The molecule has 0 saturated carbocycles. The molecule has 0 radical (unpaired) electrons. The number of amides is 1. The van der Waals surface area contributed by atoms with Crippen molar-refractivity contribution in [3.8, 4) is 22.9 Å². The van der Waals surface area contributed by atoms with E-state index in [-0.39, 0.29) is 28.1 Å². The average Bonchev–Trinajstić information content (AvgIpc) is 2.63. The third-order valence-electron chi connectivity index (χ3n) is 3.78. The summed E-state index contributed by atoms with van der Waals surface area (Å²) in [5.41, 5.74) is 0.856. The molecule has 128 valence electrons. The van der Waals surface area contributed by atoms with Crippen LogP contribution in [0, 0.1) is 23.0 Å². The number of halogens is 2. The van der Waals surface area contributed by atoms with Gasteiger partial charge in [0, 0.05) is 11.6 Å². The number of rotatable bonds is 3. The molecule has 0 aliphatic carbocycles. The van der Waals surface area contributed by atoms with Gasteiger partial charge in [-0.15, -0.1) is 0 Å². The van der Waals surface area contributed by atoms with Crippen molar-refractivity contribution in [2.45, 2.75) is 0 Å². The highest BCUT2D eigenvalue weighted by Gasteiger charge is 2.16. The summed E-state index contributed by atoms with van der Waals surface area (Å²) in [7, 11) is 0. The second-order valence-electron chi connectivity index (χ2n) is 5.47. The lowest BCUT2D eigenvalue weighted by atomic mass is 10.0. The number of carbonyl (C=O) groups is 1. The third kappa shape index (κ3) is 3.37. The molecule has 0 spiro atoms. The average molecular weight is 350 g/mol. The fraction of sp³-hybridized carbons (Fsp3) is 0. The maximum absolute atomic E-state index is 14.0. The van der Waals surface area contributed by atoms with Gasteiger partial charge >= 0.3 is 0 Å². The maximum Gasteiger partial charge on any atom is 0.259 e. The van der Waals surface area contributed by atoms with E-state index in [1.54, 1.807) is 24.3 Å². The molecule has 6 heteroatoms. The number of carbonyl (C=O) groups excluding carboxylic acids is 1. The fourth-order valence-electron chi connectivity index (χ4n) is 2.49. The minimum Gasteiger partial charge on any atom is -0.507 e. The minimum atomic E-state index is -0.781. The summed E-state index contributed by atoms with van der Waals surface area (Å²) in [6.07, 6.45) is 0. The number of phenolic OH excluding ortho intramolecular Hbond substituents is 1. The molecule has 3 rings (SSSR count). The van der Waals surface area contributed by atoms with Gasteiger partial charge in [0.2, 0.25) is 0 Å². The van der Waals surface area contributed by atoms with Crippen molar-refractivity contribution in [1.29, 1.82) is 5.26 Å². The molecule has 0 unspecified atom stereocenters. The van der Waals surface area contributed by atoms with Crippen molar-refractivity contribution in [1.82, 2.24) is 0 Å². The van der Waals surface area contributed by atoms with Gasteiger partial charge in [0.15, 0.2) is 0 Å². The third-order valence-corrected chi connectivity index (χ3v) is 3.78. The summed E-state index contributed by atoms with van der Waals surface area (Å²) in [5.74, 6) is -2.45. The molecule has 0 aliphatic rings. The van der Waals surface area contributed by atoms with E-state index < -0.39 is 17.5 Å². The van der Waals surface area contributed by atoms with Crippen LogP contribution in [0.4, 0.5) is 14.5 Å². The van der Waals surface area contributed by atoms with Crippen molar-refractivity contribution in [2.75, 3.05) is 5.32 Å². The van der Waals surface area contributed by atoms with E-state index in [1.807, 2.05) is 6.07 Å². The normalized spacial score (nSPS) is 10.2. The molecule has 0 aromatic heterocycles. The number of nitrogens with one attached hydrogen (secondary N) is 1. The first-order chi connectivity index (χ1) is 12.5. The Kier molecular flexibility index (Phi) is 4.63. The molecule has 3 aromatic rings. The Hall–Kier alpha value is -3.72. The van der Waals surface area contributed by atoms with Crippen LogP contribution in [0.3, 0.4) is 0 Å². The molecule has 0 heterocycles. The molecule has 0 atom stereocenters. The number of nitriles is 1. The van der Waals surface area contributed by atoms with Crippen molar-refractivity contribution in [3.05, 3.63) is 83.4 Å². The van der Waals surface area contributed by atoms with E-state index in [2.05, 4.69) is 5.32 Å². The van der Waals surface area contributed by atoms with Gasteiger partial charge in [0.25, 0.3) is 5.91 Å². The molecule has 4 nitrogen and oxygen atoms in total. The highest BCUT2D eigenvalue weighted by atomic mass is 19.1. The number of anilines is 1. The molecule has 0 fully saturated rings. The first-order valence-electron chi connectivity index (χ1n) is 7.58. The highest BCUT2D eigenvalue weighted by molar-refractivity contribution is 6.07. The number of aromatic hydroxyl groups is 1. The monoisotopic (exact) mass is 350 g/mol. The Balaban J connectivity index is 1.97. The van der Waals surface area contributed by atoms with Crippen molar-refractivity contribution < 1.29 is 18.7 Å². The second kappa shape index (κ2) is 7.03. The highest BCUT2D eigenvalue weighted by Crippen LogP contribution is 2.29. The Bertz CT molecular complexity index is 1040. The lowest BCUT2D eigenvalue weighted by Crippen LogP contribution is -2.13. The van der Waals surface area contributed by atoms with E-state index in [9.17, 15) is 18.7 Å². The number of phenols is 1. The first kappa shape index (κ1) is 17.1. The SMILES string of the molecule is N#Cc1ccccc1NC(=O)c1cc(-c2ccc(F)cc2F)ccc1O. The first-order valence-corrected chi connectivity index (χ1v) is 7.58. The standard InChI is InChI=1S/C20H12F2N2O2/c21-14-6-7-15(17(22)10-14)12-5-8-19(25)16(9-12)20(26)24-18-4-2-1-3-13(18)11-23/h1-10,25H,(H,24,26). The van der Waals surface area contributed by atoms with Gasteiger partial charge in [-0.1, -0.05) is 18.2 Å². The van der Waals surface area contributed by atoms with Crippen LogP contribution in [0.25, 0.3) is 11.1 Å². The maximum atomic E-state index is 14.0. The second-order valence-corrected chi connectivity index (χ2v) is 5.47. The van der Waals surface area contributed by atoms with Gasteiger partial charge in [-0.05, 0) is 42.0 Å². The number of benzene rings is 3. The zero-order chi connectivity index (χ0) is 18.7. The Morgan fingerprint density at radius 3 is 2.54 bits per heavy atom. The van der Waals surface area contributed by atoms with Crippen molar-refractivity contribution in [2.24, 2.45) is 0 Å². The quantitative estimate of drug-likeness (QED) is 0.732. The summed E-state index contributed by atoms with van der Waals surface area (Å²) in [5, 5.41) is 21.6. The van der Waals surface area contributed by atoms with Gasteiger partial charge in [0.05, 0.1) is 16.8 Å². The molecule has 3 aromatic carbocycles. The Morgan fingerprint density at radius 2 is 1.81 bits per heavy atom. The van der Waals surface area contributed by atoms with E-state index in [0.29, 0.717) is 5.56 Å². The zero-order valence-electron chi connectivity index (χ0n) is 13.3. The number of nitrogens with zero attached hydrogens (tertiary/aromatic N) is 1. The molecular weight excluding hydrogens is 338 g/mol. The van der Waals surface area contributed by atoms with Gasteiger partial charge in [-0.3, -0.25) is 4.79 Å². The zero-order valence-corrected chi connectivity index (χ0v) is 13.3.